The van der Waals surface area contributed by atoms with Crippen molar-refractivity contribution in [3.63, 3.8) is 0 Å². The average molecular weight is 445 g/mol. The van der Waals surface area contributed by atoms with E-state index in [0.717, 1.165) is 8.95 Å². The Labute approximate surface area is 159 Å². The van der Waals surface area contributed by atoms with Gasteiger partial charge in [0.25, 0.3) is 0 Å². The van der Waals surface area contributed by atoms with E-state index in [-0.39, 0.29) is 0 Å². The maximum atomic E-state index is 3.77. The number of halogens is 2. The largest absolute Gasteiger partial charge is 0.342 e. The van der Waals surface area contributed by atoms with Crippen LogP contribution in [0.15, 0.2) is 63.6 Å². The van der Waals surface area contributed by atoms with E-state index in [1.54, 1.807) is 0 Å². The predicted octanol–water partition coefficient (Wildman–Crippen LogP) is 7.19. The van der Waals surface area contributed by atoms with Gasteiger partial charge in [-0.05, 0) is 58.5 Å². The Kier molecular flexibility index (Phi) is 4.40. The molecular weight excluding hydrogens is 426 g/mol. The smallest absolute Gasteiger partial charge is 0.0630 e. The van der Waals surface area contributed by atoms with Crippen LogP contribution in [-0.2, 0) is 7.05 Å². The van der Waals surface area contributed by atoms with E-state index in [1.165, 1.54) is 47.0 Å². The SMILES string of the molecule is Cn1c(-c2ccccc2)c([C@@H]2C=CCCC2)c2cc(Br)cc(Br)c21. The zero-order valence-corrected chi connectivity index (χ0v) is 16.8. The van der Waals surface area contributed by atoms with Crippen molar-refractivity contribution in [1.82, 2.24) is 4.57 Å². The normalized spacial score (nSPS) is 17.5. The second-order valence-corrected chi connectivity index (χ2v) is 8.21. The maximum Gasteiger partial charge on any atom is 0.0630 e. The van der Waals surface area contributed by atoms with Gasteiger partial charge in [-0.3, -0.25) is 0 Å². The van der Waals surface area contributed by atoms with Gasteiger partial charge in [0.1, 0.15) is 0 Å². The van der Waals surface area contributed by atoms with Gasteiger partial charge in [-0.25, -0.2) is 0 Å². The van der Waals surface area contributed by atoms with Crippen LogP contribution in [-0.4, -0.2) is 4.57 Å². The first-order chi connectivity index (χ1) is 11.7. The highest BCUT2D eigenvalue weighted by molar-refractivity contribution is 9.11. The van der Waals surface area contributed by atoms with Gasteiger partial charge in [0.05, 0.1) is 11.2 Å². The van der Waals surface area contributed by atoms with Gasteiger partial charge in [0.15, 0.2) is 0 Å². The minimum atomic E-state index is 0.485. The molecule has 0 spiro atoms. The maximum absolute atomic E-state index is 3.77. The van der Waals surface area contributed by atoms with Crippen LogP contribution in [0, 0.1) is 0 Å². The molecule has 0 saturated heterocycles. The summed E-state index contributed by atoms with van der Waals surface area (Å²) in [6.45, 7) is 0. The standard InChI is InChI=1S/C21H19Br2N/c1-24-20(15-10-6-3-7-11-15)19(14-8-4-2-5-9-14)17-12-16(22)13-18(23)21(17)24/h3-4,6-8,10-14H,2,5,9H2,1H3/t14-/m1/s1. The summed E-state index contributed by atoms with van der Waals surface area (Å²) < 4.78 is 4.60. The zero-order chi connectivity index (χ0) is 16.7. The molecule has 122 valence electrons. The number of nitrogens with zero attached hydrogens (tertiary/aromatic N) is 1. The van der Waals surface area contributed by atoms with Crippen molar-refractivity contribution < 1.29 is 0 Å². The Balaban J connectivity index is 2.09. The van der Waals surface area contributed by atoms with E-state index in [1.807, 2.05) is 0 Å². The van der Waals surface area contributed by atoms with Crippen molar-refractivity contribution in [2.45, 2.75) is 25.2 Å². The fourth-order valence-electron chi connectivity index (χ4n) is 3.91. The van der Waals surface area contributed by atoms with Crippen LogP contribution in [0.5, 0.6) is 0 Å². The van der Waals surface area contributed by atoms with Crippen molar-refractivity contribution in [1.29, 1.82) is 0 Å². The molecule has 1 aromatic heterocycles. The molecule has 0 unspecified atom stereocenters. The van der Waals surface area contributed by atoms with Crippen LogP contribution >= 0.6 is 31.9 Å². The summed E-state index contributed by atoms with van der Waals surface area (Å²) in [7, 11) is 2.18. The number of aryl methyl sites for hydroxylation is 1. The molecule has 0 radical (unpaired) electrons. The minimum absolute atomic E-state index is 0.485. The van der Waals surface area contributed by atoms with Gasteiger partial charge in [0, 0.05) is 27.3 Å². The van der Waals surface area contributed by atoms with E-state index in [4.69, 9.17) is 0 Å². The molecule has 1 aliphatic carbocycles. The molecule has 0 fully saturated rings. The van der Waals surface area contributed by atoms with Crippen molar-refractivity contribution >= 4 is 42.8 Å². The topological polar surface area (TPSA) is 4.93 Å². The molecule has 0 saturated carbocycles. The van der Waals surface area contributed by atoms with E-state index < -0.39 is 0 Å². The number of hydrogen-bond acceptors (Lipinski definition) is 0. The Hall–Kier alpha value is -1.32. The van der Waals surface area contributed by atoms with Crippen LogP contribution in [0.3, 0.4) is 0 Å². The molecule has 1 nitrogen and oxygen atoms in total. The fourth-order valence-corrected chi connectivity index (χ4v) is 5.40. The molecule has 0 bridgehead atoms. The van der Waals surface area contributed by atoms with Crippen LogP contribution < -0.4 is 0 Å². The molecule has 0 amide bonds. The lowest BCUT2D eigenvalue weighted by atomic mass is 9.86. The summed E-state index contributed by atoms with van der Waals surface area (Å²) in [6, 6.07) is 15.2. The molecule has 0 N–H and O–H groups in total. The van der Waals surface area contributed by atoms with Crippen LogP contribution in [0.2, 0.25) is 0 Å². The van der Waals surface area contributed by atoms with Crippen molar-refractivity contribution in [2.24, 2.45) is 7.05 Å². The molecular formula is C21H19Br2N. The number of aromatic nitrogens is 1. The van der Waals surface area contributed by atoms with E-state index >= 15 is 0 Å². The Morgan fingerprint density at radius 1 is 1.08 bits per heavy atom. The monoisotopic (exact) mass is 443 g/mol. The van der Waals surface area contributed by atoms with Crippen LogP contribution in [0.1, 0.15) is 30.7 Å². The average Bonchev–Trinajstić information content (AvgIpc) is 2.89. The predicted molar refractivity (Wildman–Crippen MR) is 109 cm³/mol. The van der Waals surface area contributed by atoms with E-state index in [2.05, 4.69) is 98.1 Å². The summed E-state index contributed by atoms with van der Waals surface area (Å²) in [4.78, 5) is 0. The molecule has 4 rings (SSSR count). The van der Waals surface area contributed by atoms with Gasteiger partial charge in [-0.1, -0.05) is 58.4 Å². The molecule has 1 heterocycles. The lowest BCUT2D eigenvalue weighted by Crippen LogP contribution is -2.02. The van der Waals surface area contributed by atoms with Crippen LogP contribution in [0.25, 0.3) is 22.2 Å². The van der Waals surface area contributed by atoms with E-state index in [9.17, 15) is 0 Å². The third kappa shape index (κ3) is 2.68. The zero-order valence-electron chi connectivity index (χ0n) is 13.6. The first kappa shape index (κ1) is 16.2. The number of rotatable bonds is 2. The molecule has 3 heteroatoms. The number of allylic oxidation sites excluding steroid dienone is 2. The third-order valence-electron chi connectivity index (χ3n) is 4.92. The van der Waals surface area contributed by atoms with Gasteiger partial charge >= 0.3 is 0 Å². The molecule has 2 aromatic carbocycles. The van der Waals surface area contributed by atoms with Crippen molar-refractivity contribution in [2.75, 3.05) is 0 Å². The molecule has 0 aliphatic heterocycles. The van der Waals surface area contributed by atoms with E-state index in [0.29, 0.717) is 5.92 Å². The fraction of sp³-hybridized carbons (Fsp3) is 0.238. The van der Waals surface area contributed by atoms with Gasteiger partial charge in [0.2, 0.25) is 0 Å². The number of fused-ring (bicyclic) bond motifs is 1. The Morgan fingerprint density at radius 2 is 1.88 bits per heavy atom. The first-order valence-electron chi connectivity index (χ1n) is 8.36. The summed E-state index contributed by atoms with van der Waals surface area (Å²) >= 11 is 7.45. The van der Waals surface area contributed by atoms with Crippen molar-refractivity contribution in [3.05, 3.63) is 69.1 Å². The molecule has 1 aliphatic rings. The van der Waals surface area contributed by atoms with Gasteiger partial charge < -0.3 is 4.57 Å². The number of hydrogen-bond donors (Lipinski definition) is 0. The summed E-state index contributed by atoms with van der Waals surface area (Å²) in [5.41, 5.74) is 5.34. The summed E-state index contributed by atoms with van der Waals surface area (Å²) in [5, 5.41) is 1.34. The Morgan fingerprint density at radius 3 is 2.58 bits per heavy atom. The highest BCUT2D eigenvalue weighted by atomic mass is 79.9. The highest BCUT2D eigenvalue weighted by Crippen LogP contribution is 2.44. The molecule has 1 atom stereocenters. The second kappa shape index (κ2) is 6.53. The molecule has 3 aromatic rings. The number of benzene rings is 2. The van der Waals surface area contributed by atoms with Gasteiger partial charge in [-0.15, -0.1) is 0 Å². The lowest BCUT2D eigenvalue weighted by Gasteiger charge is -2.19. The highest BCUT2D eigenvalue weighted by Gasteiger charge is 2.24. The van der Waals surface area contributed by atoms with Crippen LogP contribution in [0.4, 0.5) is 0 Å². The second-order valence-electron chi connectivity index (χ2n) is 6.44. The first-order valence-corrected chi connectivity index (χ1v) is 9.95. The third-order valence-corrected chi connectivity index (χ3v) is 5.98. The van der Waals surface area contributed by atoms with Gasteiger partial charge in [-0.2, -0.15) is 0 Å². The quantitative estimate of drug-likeness (QED) is 0.368. The van der Waals surface area contributed by atoms with Crippen molar-refractivity contribution in [3.8, 4) is 11.3 Å². The summed E-state index contributed by atoms with van der Waals surface area (Å²) in [6.07, 6.45) is 8.43. The Bertz CT molecular complexity index is 922. The minimum Gasteiger partial charge on any atom is -0.342 e. The lowest BCUT2D eigenvalue weighted by molar-refractivity contribution is 0.657. The summed E-state index contributed by atoms with van der Waals surface area (Å²) in [5.74, 6) is 0.485. The molecule has 24 heavy (non-hydrogen) atoms.